The van der Waals surface area contributed by atoms with Gasteiger partial charge in [-0.25, -0.2) is 0 Å². The fourth-order valence-electron chi connectivity index (χ4n) is 3.25. The van der Waals surface area contributed by atoms with Crippen molar-refractivity contribution in [2.45, 2.75) is 27.2 Å². The summed E-state index contributed by atoms with van der Waals surface area (Å²) in [6.45, 7) is 7.31. The molecule has 3 aromatic carbocycles. The van der Waals surface area contributed by atoms with Crippen LogP contribution >= 0.6 is 11.6 Å². The summed E-state index contributed by atoms with van der Waals surface area (Å²) in [5.41, 5.74) is 6.31. The van der Waals surface area contributed by atoms with Crippen LogP contribution in [0.3, 0.4) is 0 Å². The van der Waals surface area contributed by atoms with E-state index >= 15 is 0 Å². The Labute approximate surface area is 209 Å². The second-order valence-electron chi connectivity index (χ2n) is 7.73. The molecule has 0 saturated carbocycles. The molecule has 0 atom stereocenters. The van der Waals surface area contributed by atoms with Gasteiger partial charge in [-0.1, -0.05) is 11.6 Å². The molecule has 0 fully saturated rings. The summed E-state index contributed by atoms with van der Waals surface area (Å²) in [5, 5.41) is 15.7. The largest absolute Gasteiger partial charge is 0.493 e. The van der Waals surface area contributed by atoms with E-state index in [9.17, 15) is 10.1 Å². The van der Waals surface area contributed by atoms with Crippen LogP contribution in [0.2, 0.25) is 5.02 Å². The molecule has 184 valence electrons. The highest BCUT2D eigenvalue weighted by atomic mass is 35.5. The van der Waals surface area contributed by atoms with Crippen LogP contribution in [0.4, 0.5) is 11.4 Å². The molecule has 8 nitrogen and oxygen atoms in total. The van der Waals surface area contributed by atoms with Crippen LogP contribution in [-0.4, -0.2) is 31.0 Å². The molecule has 3 aromatic rings. The monoisotopic (exact) mass is 497 g/mol. The summed E-state index contributed by atoms with van der Waals surface area (Å²) in [6, 6.07) is 15.4. The van der Waals surface area contributed by atoms with Crippen LogP contribution in [0.15, 0.2) is 59.7 Å². The van der Waals surface area contributed by atoms with Crippen molar-refractivity contribution in [3.05, 3.63) is 86.4 Å². The Morgan fingerprint density at radius 1 is 0.971 bits per heavy atom. The van der Waals surface area contributed by atoms with E-state index < -0.39 is 4.92 Å². The summed E-state index contributed by atoms with van der Waals surface area (Å²) in [4.78, 5) is 10.3. The maximum Gasteiger partial charge on any atom is 0.269 e. The molecule has 0 aliphatic carbocycles. The summed E-state index contributed by atoms with van der Waals surface area (Å²) < 4.78 is 17.5. The number of nitrogens with zero attached hydrogens (tertiary/aromatic N) is 2. The predicted octanol–water partition coefficient (Wildman–Crippen LogP) is 6.56. The third kappa shape index (κ3) is 7.61. The Morgan fingerprint density at radius 3 is 2.31 bits per heavy atom. The first kappa shape index (κ1) is 25.8. The van der Waals surface area contributed by atoms with Crippen molar-refractivity contribution in [2.75, 3.05) is 25.2 Å². The number of anilines is 1. The van der Waals surface area contributed by atoms with Crippen molar-refractivity contribution in [3.63, 3.8) is 0 Å². The predicted molar refractivity (Wildman–Crippen MR) is 138 cm³/mol. The van der Waals surface area contributed by atoms with Gasteiger partial charge in [0.05, 0.1) is 36.6 Å². The van der Waals surface area contributed by atoms with Crippen molar-refractivity contribution < 1.29 is 19.1 Å². The van der Waals surface area contributed by atoms with E-state index in [1.807, 2.05) is 51.1 Å². The van der Waals surface area contributed by atoms with Gasteiger partial charge in [0.2, 0.25) is 0 Å². The van der Waals surface area contributed by atoms with Gasteiger partial charge < -0.3 is 14.2 Å². The van der Waals surface area contributed by atoms with Gasteiger partial charge in [0, 0.05) is 23.6 Å². The number of halogens is 1. The zero-order valence-electron chi connectivity index (χ0n) is 19.9. The van der Waals surface area contributed by atoms with E-state index in [4.69, 9.17) is 25.8 Å². The van der Waals surface area contributed by atoms with E-state index in [2.05, 4.69) is 10.5 Å². The van der Waals surface area contributed by atoms with Gasteiger partial charge in [-0.05, 0) is 79.9 Å². The minimum absolute atomic E-state index is 0.0261. The number of rotatable bonds is 12. The number of nitrogens with one attached hydrogen (secondary N) is 1. The number of benzene rings is 3. The third-order valence-corrected chi connectivity index (χ3v) is 5.57. The van der Waals surface area contributed by atoms with Crippen molar-refractivity contribution >= 4 is 29.2 Å². The summed E-state index contributed by atoms with van der Waals surface area (Å²) >= 11 is 6.20. The van der Waals surface area contributed by atoms with Gasteiger partial charge in [-0.15, -0.1) is 0 Å². The highest BCUT2D eigenvalue weighted by Gasteiger charge is 2.08. The van der Waals surface area contributed by atoms with E-state index in [-0.39, 0.29) is 5.69 Å². The number of hydrogen-bond acceptors (Lipinski definition) is 7. The first-order valence-corrected chi connectivity index (χ1v) is 11.6. The molecule has 0 aliphatic heterocycles. The molecule has 0 amide bonds. The van der Waals surface area contributed by atoms with E-state index in [0.29, 0.717) is 43.4 Å². The smallest absolute Gasteiger partial charge is 0.269 e. The zero-order valence-corrected chi connectivity index (χ0v) is 20.7. The second kappa shape index (κ2) is 12.6. The molecule has 0 saturated heterocycles. The number of non-ortho nitro benzene ring substituents is 1. The number of hydrogen-bond donors (Lipinski definition) is 1. The number of nitro benzene ring substituents is 1. The molecule has 0 aliphatic rings. The second-order valence-corrected chi connectivity index (χ2v) is 8.11. The van der Waals surface area contributed by atoms with Gasteiger partial charge in [0.25, 0.3) is 5.69 Å². The maximum atomic E-state index is 10.7. The number of aryl methyl sites for hydroxylation is 2. The number of hydrazone groups is 1. The molecule has 0 heterocycles. The lowest BCUT2D eigenvalue weighted by Gasteiger charge is -2.13. The number of ether oxygens (including phenoxy) is 3. The summed E-state index contributed by atoms with van der Waals surface area (Å²) in [7, 11) is 0. The van der Waals surface area contributed by atoms with Crippen LogP contribution < -0.4 is 19.6 Å². The standard InChI is InChI=1S/C26H28ClN3O5/c1-4-33-25-16-20(17-28-29-21-7-9-22(10-8-21)30(31)32)6-11-24(25)35-13-5-12-34-23-14-18(2)26(27)19(3)15-23/h6-11,14-17,29H,4-5,12-13H2,1-3H3/b28-17+. The van der Waals surface area contributed by atoms with Crippen molar-refractivity contribution in [2.24, 2.45) is 5.10 Å². The molecule has 35 heavy (non-hydrogen) atoms. The SMILES string of the molecule is CCOc1cc(/C=N/Nc2ccc([N+](=O)[O-])cc2)ccc1OCCCOc1cc(C)c(Cl)c(C)c1. The maximum absolute atomic E-state index is 10.7. The molecule has 0 radical (unpaired) electrons. The highest BCUT2D eigenvalue weighted by molar-refractivity contribution is 6.32. The molecule has 0 spiro atoms. The first-order valence-electron chi connectivity index (χ1n) is 11.2. The molecular weight excluding hydrogens is 470 g/mol. The van der Waals surface area contributed by atoms with Crippen molar-refractivity contribution in [1.29, 1.82) is 0 Å². The Bertz CT molecular complexity index is 1160. The van der Waals surface area contributed by atoms with E-state index in [0.717, 1.165) is 27.5 Å². The third-order valence-electron chi connectivity index (χ3n) is 4.98. The minimum atomic E-state index is -0.444. The summed E-state index contributed by atoms with van der Waals surface area (Å²) in [5.74, 6) is 2.06. The Kier molecular flexibility index (Phi) is 9.31. The van der Waals surface area contributed by atoms with Gasteiger partial charge in [-0.3, -0.25) is 15.5 Å². The van der Waals surface area contributed by atoms with Crippen LogP contribution in [0.1, 0.15) is 30.0 Å². The molecule has 1 N–H and O–H groups in total. The van der Waals surface area contributed by atoms with E-state index in [1.54, 1.807) is 18.3 Å². The van der Waals surface area contributed by atoms with Crippen LogP contribution in [-0.2, 0) is 0 Å². The average molecular weight is 498 g/mol. The van der Waals surface area contributed by atoms with Gasteiger partial charge >= 0.3 is 0 Å². The summed E-state index contributed by atoms with van der Waals surface area (Å²) in [6.07, 6.45) is 2.34. The molecular formula is C26H28ClN3O5. The Morgan fingerprint density at radius 2 is 1.66 bits per heavy atom. The van der Waals surface area contributed by atoms with Crippen LogP contribution in [0, 0.1) is 24.0 Å². The lowest BCUT2D eigenvalue weighted by molar-refractivity contribution is -0.384. The highest BCUT2D eigenvalue weighted by Crippen LogP contribution is 2.29. The lowest BCUT2D eigenvalue weighted by atomic mass is 10.1. The van der Waals surface area contributed by atoms with Crippen molar-refractivity contribution in [3.8, 4) is 17.2 Å². The minimum Gasteiger partial charge on any atom is -0.493 e. The van der Waals surface area contributed by atoms with Crippen molar-refractivity contribution in [1.82, 2.24) is 0 Å². The molecule has 9 heteroatoms. The number of nitro groups is 1. The fraction of sp³-hybridized carbons (Fsp3) is 0.269. The van der Waals surface area contributed by atoms with E-state index in [1.165, 1.54) is 12.1 Å². The molecule has 0 unspecified atom stereocenters. The quantitative estimate of drug-likeness (QED) is 0.132. The topological polar surface area (TPSA) is 95.2 Å². The van der Waals surface area contributed by atoms with Gasteiger partial charge in [0.15, 0.2) is 11.5 Å². The Hall–Kier alpha value is -3.78. The molecule has 3 rings (SSSR count). The van der Waals surface area contributed by atoms with Crippen LogP contribution in [0.25, 0.3) is 0 Å². The fourth-order valence-corrected chi connectivity index (χ4v) is 3.36. The lowest BCUT2D eigenvalue weighted by Crippen LogP contribution is -2.06. The Balaban J connectivity index is 1.51. The normalized spacial score (nSPS) is 10.9. The van der Waals surface area contributed by atoms with Gasteiger partial charge in [-0.2, -0.15) is 5.10 Å². The first-order chi connectivity index (χ1) is 16.9. The average Bonchev–Trinajstić information content (AvgIpc) is 2.84. The zero-order chi connectivity index (χ0) is 25.2. The molecule has 0 aromatic heterocycles. The molecule has 0 bridgehead atoms. The van der Waals surface area contributed by atoms with Crippen LogP contribution in [0.5, 0.6) is 17.2 Å². The van der Waals surface area contributed by atoms with Gasteiger partial charge in [0.1, 0.15) is 5.75 Å².